The molecule has 0 heterocycles. The number of hydrogen-bond acceptors (Lipinski definition) is 4. The molecule has 2 aromatic carbocycles. The molecule has 0 unspecified atom stereocenters. The highest BCUT2D eigenvalue weighted by atomic mass is 16.5. The summed E-state index contributed by atoms with van der Waals surface area (Å²) in [5.41, 5.74) is 2.92. The van der Waals surface area contributed by atoms with Crippen molar-refractivity contribution in [3.63, 3.8) is 0 Å². The number of ether oxygens (including phenoxy) is 3. The van der Waals surface area contributed by atoms with E-state index in [0.29, 0.717) is 31.1 Å². The molecule has 2 N–H and O–H groups in total. The third-order valence-electron chi connectivity index (χ3n) is 4.40. The predicted molar refractivity (Wildman–Crippen MR) is 112 cm³/mol. The van der Waals surface area contributed by atoms with Crippen molar-refractivity contribution >= 4 is 11.7 Å². The summed E-state index contributed by atoms with van der Waals surface area (Å²) >= 11 is 0. The second-order valence-corrected chi connectivity index (χ2v) is 6.49. The van der Waals surface area contributed by atoms with Crippen LogP contribution in [0.25, 0.3) is 0 Å². The average Bonchev–Trinajstić information content (AvgIpc) is 2.70. The molecular formula is C22H30N2O4. The highest BCUT2D eigenvalue weighted by Gasteiger charge is 2.09. The first-order chi connectivity index (χ1) is 13.6. The Bertz CT molecular complexity index is 760. The van der Waals surface area contributed by atoms with E-state index in [1.54, 1.807) is 14.2 Å². The number of hydrogen-bond donors (Lipinski definition) is 2. The van der Waals surface area contributed by atoms with Gasteiger partial charge in [0.25, 0.3) is 0 Å². The Morgan fingerprint density at radius 1 is 1.04 bits per heavy atom. The number of benzene rings is 2. The summed E-state index contributed by atoms with van der Waals surface area (Å²) < 4.78 is 16.3. The van der Waals surface area contributed by atoms with Gasteiger partial charge in [0, 0.05) is 12.2 Å². The Kier molecular flexibility index (Phi) is 8.46. The molecule has 152 valence electrons. The van der Waals surface area contributed by atoms with E-state index in [2.05, 4.69) is 17.6 Å². The first kappa shape index (κ1) is 21.4. The Morgan fingerprint density at radius 3 is 2.36 bits per heavy atom. The molecule has 0 aliphatic heterocycles. The fraction of sp³-hybridized carbons (Fsp3) is 0.409. The van der Waals surface area contributed by atoms with E-state index < -0.39 is 0 Å². The first-order valence-electron chi connectivity index (χ1n) is 9.56. The summed E-state index contributed by atoms with van der Waals surface area (Å²) in [5, 5.41) is 5.70. The van der Waals surface area contributed by atoms with Crippen molar-refractivity contribution in [3.8, 4) is 17.2 Å². The third kappa shape index (κ3) is 6.37. The van der Waals surface area contributed by atoms with Gasteiger partial charge in [-0.2, -0.15) is 0 Å². The second-order valence-electron chi connectivity index (χ2n) is 6.49. The number of aryl methyl sites for hydroxylation is 1. The van der Waals surface area contributed by atoms with Crippen molar-refractivity contribution in [2.75, 3.05) is 32.7 Å². The zero-order valence-electron chi connectivity index (χ0n) is 17.1. The van der Waals surface area contributed by atoms with Crippen LogP contribution in [0.5, 0.6) is 17.2 Å². The predicted octanol–water partition coefficient (Wildman–Crippen LogP) is 4.56. The topological polar surface area (TPSA) is 68.8 Å². The Balaban J connectivity index is 1.81. The van der Waals surface area contributed by atoms with Crippen molar-refractivity contribution in [1.29, 1.82) is 0 Å². The van der Waals surface area contributed by atoms with E-state index in [0.717, 1.165) is 35.4 Å². The van der Waals surface area contributed by atoms with Gasteiger partial charge in [-0.1, -0.05) is 13.3 Å². The van der Waals surface area contributed by atoms with Gasteiger partial charge in [0.05, 0.1) is 20.8 Å². The normalized spacial score (nSPS) is 10.3. The summed E-state index contributed by atoms with van der Waals surface area (Å²) in [6, 6.07) is 11.0. The molecule has 0 aliphatic carbocycles. The van der Waals surface area contributed by atoms with Crippen LogP contribution < -0.4 is 24.8 Å². The fourth-order valence-corrected chi connectivity index (χ4v) is 2.75. The molecule has 2 rings (SSSR count). The maximum absolute atomic E-state index is 12.1. The number of anilines is 1. The molecule has 0 aliphatic rings. The molecule has 6 heteroatoms. The first-order valence-corrected chi connectivity index (χ1v) is 9.56. The summed E-state index contributed by atoms with van der Waals surface area (Å²) in [4.78, 5) is 12.1. The van der Waals surface area contributed by atoms with E-state index in [1.807, 2.05) is 43.3 Å². The molecule has 2 aromatic rings. The van der Waals surface area contributed by atoms with Crippen molar-refractivity contribution in [2.24, 2.45) is 0 Å². The van der Waals surface area contributed by atoms with Crippen LogP contribution in [0.4, 0.5) is 10.5 Å². The van der Waals surface area contributed by atoms with Gasteiger partial charge >= 0.3 is 6.03 Å². The summed E-state index contributed by atoms with van der Waals surface area (Å²) in [7, 11) is 3.23. The number of methoxy groups -OCH3 is 2. The van der Waals surface area contributed by atoms with Crippen LogP contribution in [-0.4, -0.2) is 33.4 Å². The maximum atomic E-state index is 12.1. The molecule has 2 amide bonds. The summed E-state index contributed by atoms with van der Waals surface area (Å²) in [6.45, 7) is 5.36. The van der Waals surface area contributed by atoms with Gasteiger partial charge in [0.1, 0.15) is 5.75 Å². The van der Waals surface area contributed by atoms with Crippen LogP contribution in [0.15, 0.2) is 36.4 Å². The summed E-state index contributed by atoms with van der Waals surface area (Å²) in [6.07, 6.45) is 2.83. The summed E-state index contributed by atoms with van der Waals surface area (Å²) in [5.74, 6) is 2.20. The lowest BCUT2D eigenvalue weighted by atomic mass is 10.0. The number of unbranched alkanes of at least 4 members (excludes halogenated alkanes) is 1. The monoisotopic (exact) mass is 386 g/mol. The largest absolute Gasteiger partial charge is 0.494 e. The lowest BCUT2D eigenvalue weighted by Crippen LogP contribution is -2.30. The van der Waals surface area contributed by atoms with Gasteiger partial charge in [-0.25, -0.2) is 4.79 Å². The number of rotatable bonds is 10. The molecule has 0 spiro atoms. The van der Waals surface area contributed by atoms with Gasteiger partial charge in [-0.3, -0.25) is 0 Å². The fourth-order valence-electron chi connectivity index (χ4n) is 2.75. The molecule has 0 fully saturated rings. The number of carbonyl (C=O) groups excluding carboxylic acids is 1. The van der Waals surface area contributed by atoms with E-state index in [-0.39, 0.29) is 6.03 Å². The van der Waals surface area contributed by atoms with E-state index in [4.69, 9.17) is 14.2 Å². The zero-order valence-corrected chi connectivity index (χ0v) is 17.1. The quantitative estimate of drug-likeness (QED) is 0.588. The highest BCUT2D eigenvalue weighted by molar-refractivity contribution is 5.89. The number of carbonyl (C=O) groups is 1. The molecule has 0 saturated heterocycles. The van der Waals surface area contributed by atoms with Gasteiger partial charge in [0.15, 0.2) is 11.5 Å². The van der Waals surface area contributed by atoms with Gasteiger partial charge < -0.3 is 24.8 Å². The van der Waals surface area contributed by atoms with Crippen LogP contribution in [0, 0.1) is 6.92 Å². The van der Waals surface area contributed by atoms with Crippen LogP contribution >= 0.6 is 0 Å². The number of amides is 2. The minimum atomic E-state index is -0.238. The van der Waals surface area contributed by atoms with Crippen LogP contribution in [0.2, 0.25) is 0 Å². The van der Waals surface area contributed by atoms with E-state index in [9.17, 15) is 4.79 Å². The second kappa shape index (κ2) is 11.1. The molecule has 0 atom stereocenters. The molecule has 6 nitrogen and oxygen atoms in total. The van der Waals surface area contributed by atoms with Gasteiger partial charge in [-0.05, 0) is 67.3 Å². The van der Waals surface area contributed by atoms with Crippen LogP contribution in [0.1, 0.15) is 30.9 Å². The van der Waals surface area contributed by atoms with Crippen molar-refractivity contribution in [3.05, 3.63) is 47.5 Å². The zero-order chi connectivity index (χ0) is 20.4. The smallest absolute Gasteiger partial charge is 0.319 e. The van der Waals surface area contributed by atoms with Crippen molar-refractivity contribution in [2.45, 2.75) is 33.1 Å². The van der Waals surface area contributed by atoms with Gasteiger partial charge in [0.2, 0.25) is 0 Å². The van der Waals surface area contributed by atoms with Crippen LogP contribution in [-0.2, 0) is 6.42 Å². The number of nitrogens with one attached hydrogen (secondary N) is 2. The molecule has 0 saturated carbocycles. The van der Waals surface area contributed by atoms with Crippen molar-refractivity contribution < 1.29 is 19.0 Å². The molecule has 0 radical (unpaired) electrons. The standard InChI is InChI=1S/C22H30N2O4/c1-5-6-13-28-19-9-7-18(8-10-19)24-22(25)23-12-11-17-15-21(27-4)20(26-3)14-16(17)2/h7-10,14-15H,5-6,11-13H2,1-4H3,(H2,23,24,25). The maximum Gasteiger partial charge on any atom is 0.319 e. The van der Waals surface area contributed by atoms with Crippen LogP contribution in [0.3, 0.4) is 0 Å². The van der Waals surface area contributed by atoms with E-state index >= 15 is 0 Å². The van der Waals surface area contributed by atoms with Crippen molar-refractivity contribution in [1.82, 2.24) is 5.32 Å². The molecule has 28 heavy (non-hydrogen) atoms. The molecule has 0 aromatic heterocycles. The minimum absolute atomic E-state index is 0.238. The highest BCUT2D eigenvalue weighted by Crippen LogP contribution is 2.30. The SMILES string of the molecule is CCCCOc1ccc(NC(=O)NCCc2cc(OC)c(OC)cc2C)cc1. The lowest BCUT2D eigenvalue weighted by molar-refractivity contribution is 0.252. The van der Waals surface area contributed by atoms with E-state index in [1.165, 1.54) is 0 Å². The average molecular weight is 386 g/mol. The molecule has 0 bridgehead atoms. The van der Waals surface area contributed by atoms with Gasteiger partial charge in [-0.15, -0.1) is 0 Å². The molecular weight excluding hydrogens is 356 g/mol. The lowest BCUT2D eigenvalue weighted by Gasteiger charge is -2.13. The third-order valence-corrected chi connectivity index (χ3v) is 4.40. The Hall–Kier alpha value is -2.89. The Morgan fingerprint density at radius 2 is 1.71 bits per heavy atom. The Labute approximate surface area is 167 Å². The minimum Gasteiger partial charge on any atom is -0.494 e. The number of urea groups is 1.